The molecular weight excluding hydrogens is 170 g/mol. The van der Waals surface area contributed by atoms with Crippen LogP contribution in [0.25, 0.3) is 0 Å². The van der Waals surface area contributed by atoms with Crippen LogP contribution in [0.3, 0.4) is 0 Å². The third-order valence-electron chi connectivity index (χ3n) is 3.78. The van der Waals surface area contributed by atoms with E-state index >= 15 is 0 Å². The van der Waals surface area contributed by atoms with Gasteiger partial charge in [-0.15, -0.1) is 0 Å². The summed E-state index contributed by atoms with van der Waals surface area (Å²) in [4.78, 5) is 0. The van der Waals surface area contributed by atoms with Gasteiger partial charge in [0.1, 0.15) is 0 Å². The fourth-order valence-electron chi connectivity index (χ4n) is 2.62. The Hall–Kier alpha value is -0.0400. The number of hydrogen-bond donors (Lipinski definition) is 1. The van der Waals surface area contributed by atoms with Crippen LogP contribution in [0.1, 0.15) is 59.8 Å². The van der Waals surface area contributed by atoms with E-state index in [2.05, 4.69) is 33.0 Å². The fraction of sp³-hybridized carbons (Fsp3) is 1.00. The van der Waals surface area contributed by atoms with Crippen molar-refractivity contribution in [2.75, 3.05) is 0 Å². The predicted molar refractivity (Wildman–Crippen MR) is 63.5 cm³/mol. The fourth-order valence-corrected chi connectivity index (χ4v) is 2.62. The summed E-state index contributed by atoms with van der Waals surface area (Å²) in [5.41, 5.74) is 0. The molecule has 0 aromatic heterocycles. The molecule has 0 spiro atoms. The molecule has 0 saturated heterocycles. The number of hydrogen-bond acceptors (Lipinski definition) is 1. The first-order valence-electron chi connectivity index (χ1n) is 6.41. The van der Waals surface area contributed by atoms with Gasteiger partial charge in [-0.25, -0.2) is 0 Å². The van der Waals surface area contributed by atoms with Crippen molar-refractivity contribution in [2.45, 2.75) is 71.9 Å². The Balaban J connectivity index is 2.39. The van der Waals surface area contributed by atoms with Gasteiger partial charge in [-0.1, -0.05) is 40.5 Å². The zero-order valence-corrected chi connectivity index (χ0v) is 10.3. The van der Waals surface area contributed by atoms with Gasteiger partial charge in [0.25, 0.3) is 0 Å². The SMILES string of the molecule is CC[C@@H](N[C@@H]1CCCC[C@@H]1C)C(C)C. The number of rotatable bonds is 4. The second-order valence-electron chi connectivity index (χ2n) is 5.29. The topological polar surface area (TPSA) is 12.0 Å². The minimum Gasteiger partial charge on any atom is -0.311 e. The van der Waals surface area contributed by atoms with Gasteiger partial charge in [-0.2, -0.15) is 0 Å². The monoisotopic (exact) mass is 197 g/mol. The van der Waals surface area contributed by atoms with Crippen LogP contribution in [0, 0.1) is 11.8 Å². The van der Waals surface area contributed by atoms with Crippen molar-refractivity contribution < 1.29 is 0 Å². The molecule has 0 aliphatic heterocycles. The van der Waals surface area contributed by atoms with Crippen LogP contribution in [0.15, 0.2) is 0 Å². The molecule has 0 radical (unpaired) electrons. The van der Waals surface area contributed by atoms with E-state index in [-0.39, 0.29) is 0 Å². The summed E-state index contributed by atoms with van der Waals surface area (Å²) in [6.45, 7) is 9.36. The summed E-state index contributed by atoms with van der Waals surface area (Å²) in [5, 5.41) is 3.85. The maximum absolute atomic E-state index is 3.85. The van der Waals surface area contributed by atoms with Crippen LogP contribution < -0.4 is 5.32 Å². The highest BCUT2D eigenvalue weighted by molar-refractivity contribution is 4.82. The van der Waals surface area contributed by atoms with Crippen LogP contribution in [0.4, 0.5) is 0 Å². The van der Waals surface area contributed by atoms with Crippen molar-refractivity contribution in [2.24, 2.45) is 11.8 Å². The lowest BCUT2D eigenvalue weighted by Crippen LogP contribution is -2.45. The van der Waals surface area contributed by atoms with Crippen molar-refractivity contribution in [3.8, 4) is 0 Å². The van der Waals surface area contributed by atoms with Crippen LogP contribution in [-0.2, 0) is 0 Å². The van der Waals surface area contributed by atoms with Gasteiger partial charge < -0.3 is 5.32 Å². The van der Waals surface area contributed by atoms with Crippen LogP contribution >= 0.6 is 0 Å². The molecule has 0 unspecified atom stereocenters. The lowest BCUT2D eigenvalue weighted by molar-refractivity contribution is 0.233. The molecule has 1 N–H and O–H groups in total. The van der Waals surface area contributed by atoms with Gasteiger partial charge in [0.15, 0.2) is 0 Å². The normalized spacial score (nSPS) is 30.6. The minimum absolute atomic E-state index is 0.723. The third kappa shape index (κ3) is 3.27. The van der Waals surface area contributed by atoms with E-state index in [1.807, 2.05) is 0 Å². The van der Waals surface area contributed by atoms with Gasteiger partial charge in [-0.05, 0) is 31.1 Å². The molecule has 14 heavy (non-hydrogen) atoms. The highest BCUT2D eigenvalue weighted by Gasteiger charge is 2.24. The summed E-state index contributed by atoms with van der Waals surface area (Å²) in [6.07, 6.45) is 6.95. The quantitative estimate of drug-likeness (QED) is 0.726. The van der Waals surface area contributed by atoms with E-state index in [1.165, 1.54) is 32.1 Å². The Labute approximate surface area is 89.7 Å². The average molecular weight is 197 g/mol. The van der Waals surface area contributed by atoms with Crippen LogP contribution in [0.5, 0.6) is 0 Å². The van der Waals surface area contributed by atoms with Gasteiger partial charge >= 0.3 is 0 Å². The van der Waals surface area contributed by atoms with Crippen molar-refractivity contribution in [3.63, 3.8) is 0 Å². The van der Waals surface area contributed by atoms with Gasteiger partial charge in [0.05, 0.1) is 0 Å². The average Bonchev–Trinajstić information content (AvgIpc) is 2.16. The van der Waals surface area contributed by atoms with E-state index in [1.54, 1.807) is 0 Å². The zero-order valence-electron chi connectivity index (χ0n) is 10.3. The standard InChI is InChI=1S/C13H27N/c1-5-12(10(2)3)14-13-9-7-6-8-11(13)4/h10-14H,5-9H2,1-4H3/t11-,12+,13+/m0/s1. The van der Waals surface area contributed by atoms with E-state index in [9.17, 15) is 0 Å². The molecule has 3 atom stereocenters. The minimum atomic E-state index is 0.723. The molecule has 0 bridgehead atoms. The maximum Gasteiger partial charge on any atom is 0.00953 e. The summed E-state index contributed by atoms with van der Waals surface area (Å²) < 4.78 is 0. The molecule has 0 aromatic rings. The van der Waals surface area contributed by atoms with Gasteiger partial charge in [0.2, 0.25) is 0 Å². The van der Waals surface area contributed by atoms with Gasteiger partial charge in [-0.3, -0.25) is 0 Å². The van der Waals surface area contributed by atoms with Gasteiger partial charge in [0, 0.05) is 12.1 Å². The highest BCUT2D eigenvalue weighted by atomic mass is 15.0. The Morgan fingerprint density at radius 2 is 1.86 bits per heavy atom. The summed E-state index contributed by atoms with van der Waals surface area (Å²) in [6, 6.07) is 1.51. The zero-order chi connectivity index (χ0) is 10.6. The largest absolute Gasteiger partial charge is 0.311 e. The first-order valence-corrected chi connectivity index (χ1v) is 6.41. The molecule has 1 rings (SSSR count). The molecule has 84 valence electrons. The van der Waals surface area contributed by atoms with Crippen molar-refractivity contribution in [1.82, 2.24) is 5.32 Å². The number of nitrogens with one attached hydrogen (secondary N) is 1. The van der Waals surface area contributed by atoms with Crippen molar-refractivity contribution >= 4 is 0 Å². The summed E-state index contributed by atoms with van der Waals surface area (Å²) in [7, 11) is 0. The molecule has 0 heterocycles. The molecule has 1 fully saturated rings. The second-order valence-corrected chi connectivity index (χ2v) is 5.29. The third-order valence-corrected chi connectivity index (χ3v) is 3.78. The lowest BCUT2D eigenvalue weighted by atomic mass is 9.84. The Morgan fingerprint density at radius 3 is 2.36 bits per heavy atom. The first kappa shape index (κ1) is 12.0. The lowest BCUT2D eigenvalue weighted by Gasteiger charge is -2.34. The molecule has 0 amide bonds. The molecule has 1 nitrogen and oxygen atoms in total. The van der Waals surface area contributed by atoms with E-state index in [4.69, 9.17) is 0 Å². The van der Waals surface area contributed by atoms with E-state index in [0.717, 1.165) is 23.9 Å². The van der Waals surface area contributed by atoms with E-state index < -0.39 is 0 Å². The molecule has 0 aromatic carbocycles. The first-order chi connectivity index (χ1) is 6.65. The summed E-state index contributed by atoms with van der Waals surface area (Å²) in [5.74, 6) is 1.66. The second kappa shape index (κ2) is 5.75. The maximum atomic E-state index is 3.85. The highest BCUT2D eigenvalue weighted by Crippen LogP contribution is 2.25. The molecule has 1 saturated carbocycles. The Morgan fingerprint density at radius 1 is 1.21 bits per heavy atom. The summed E-state index contributed by atoms with van der Waals surface area (Å²) >= 11 is 0. The van der Waals surface area contributed by atoms with Crippen LogP contribution in [-0.4, -0.2) is 12.1 Å². The van der Waals surface area contributed by atoms with Crippen molar-refractivity contribution in [3.05, 3.63) is 0 Å². The van der Waals surface area contributed by atoms with E-state index in [0.29, 0.717) is 0 Å². The van der Waals surface area contributed by atoms with Crippen LogP contribution in [0.2, 0.25) is 0 Å². The smallest absolute Gasteiger partial charge is 0.00953 e. The molecule has 1 aliphatic rings. The predicted octanol–water partition coefficient (Wildman–Crippen LogP) is 3.59. The molecule has 1 aliphatic carbocycles. The molecular formula is C13H27N. The molecule has 1 heteroatoms. The Bertz CT molecular complexity index is 153. The Kier molecular flexibility index (Phi) is 4.94. The van der Waals surface area contributed by atoms with Crippen molar-refractivity contribution in [1.29, 1.82) is 0 Å².